The van der Waals surface area contributed by atoms with Crippen molar-refractivity contribution in [2.45, 2.75) is 152 Å². The van der Waals surface area contributed by atoms with Gasteiger partial charge in [0, 0.05) is 23.2 Å². The van der Waals surface area contributed by atoms with Gasteiger partial charge in [-0.15, -0.1) is 0 Å². The molecule has 4 saturated carbocycles. The highest BCUT2D eigenvalue weighted by molar-refractivity contribution is 7.77. The molecule has 8 bridgehead atoms. The molecular formula is C32H56N9O2S-. The highest BCUT2D eigenvalue weighted by atomic mass is 32.2. The van der Waals surface area contributed by atoms with E-state index in [1.165, 1.54) is 77.0 Å². The highest BCUT2D eigenvalue weighted by Gasteiger charge is 2.55. The molecular weight excluding hydrogens is 574 g/mol. The van der Waals surface area contributed by atoms with E-state index in [1.807, 2.05) is 0 Å². The molecule has 4 aliphatic carbocycles. The van der Waals surface area contributed by atoms with Crippen LogP contribution in [0.25, 0.3) is 0 Å². The molecule has 5 saturated heterocycles. The number of hydrogen-bond donors (Lipinski definition) is 9. The van der Waals surface area contributed by atoms with Crippen molar-refractivity contribution in [1.82, 2.24) is 47.3 Å². The summed E-state index contributed by atoms with van der Waals surface area (Å²) in [5, 5.41) is 33.1. The summed E-state index contributed by atoms with van der Waals surface area (Å²) in [6, 6.07) is -0.0417. The van der Waals surface area contributed by atoms with Gasteiger partial charge < -0.3 is 4.55 Å². The van der Waals surface area contributed by atoms with E-state index in [2.05, 4.69) is 47.3 Å². The Bertz CT molecular complexity index is 1070. The van der Waals surface area contributed by atoms with Gasteiger partial charge in [-0.2, -0.15) is 0 Å². The van der Waals surface area contributed by atoms with Gasteiger partial charge in [-0.25, -0.2) is 4.72 Å². The highest BCUT2D eigenvalue weighted by Crippen LogP contribution is 2.45. The van der Waals surface area contributed by atoms with E-state index in [-0.39, 0.29) is 36.6 Å². The third-order valence-corrected chi connectivity index (χ3v) is 14.6. The largest absolute Gasteiger partial charge is 0.760 e. The maximum atomic E-state index is 12.0. The van der Waals surface area contributed by atoms with Crippen LogP contribution in [0, 0.1) is 47.3 Å². The van der Waals surface area contributed by atoms with E-state index < -0.39 is 11.3 Å². The van der Waals surface area contributed by atoms with Gasteiger partial charge in [-0.3, -0.25) is 46.7 Å². The SMILES string of the molecule is O=S([O-])NC1CCCC2C3NC4NC(NC5NC(NC6NC(NC(N3)C12)C1CCCCC61)C1CCCCC51)C1CCCCC41. The molecule has 0 aromatic carbocycles. The van der Waals surface area contributed by atoms with Crippen molar-refractivity contribution in [2.24, 2.45) is 47.3 Å². The summed E-state index contributed by atoms with van der Waals surface area (Å²) in [5.74, 6) is 4.42. The maximum Gasteiger partial charge on any atom is 0.0644 e. The predicted molar refractivity (Wildman–Crippen MR) is 168 cm³/mol. The van der Waals surface area contributed by atoms with Crippen LogP contribution in [0.4, 0.5) is 0 Å². The van der Waals surface area contributed by atoms with Gasteiger partial charge in [0.25, 0.3) is 0 Å². The summed E-state index contributed by atoms with van der Waals surface area (Å²) < 4.78 is 26.9. The van der Waals surface area contributed by atoms with Crippen LogP contribution >= 0.6 is 0 Å². The third-order valence-electron chi connectivity index (χ3n) is 14.1. The number of hydrogen-bond acceptors (Lipinski definition) is 10. The molecule has 0 aromatic rings. The van der Waals surface area contributed by atoms with Gasteiger partial charge >= 0.3 is 0 Å². The molecule has 18 unspecified atom stereocenters. The molecule has 0 aromatic heterocycles. The molecule has 9 N–H and O–H groups in total. The Morgan fingerprint density at radius 2 is 0.705 bits per heavy atom. The number of fused-ring (bicyclic) bond motifs is 20. The molecule has 44 heavy (non-hydrogen) atoms. The summed E-state index contributed by atoms with van der Waals surface area (Å²) in [4.78, 5) is 0. The van der Waals surface area contributed by atoms with Crippen molar-refractivity contribution >= 4 is 11.3 Å². The fourth-order valence-corrected chi connectivity index (χ4v) is 12.8. The van der Waals surface area contributed by atoms with E-state index in [9.17, 15) is 8.76 Å². The van der Waals surface area contributed by atoms with Gasteiger partial charge in [-0.05, 0) is 92.8 Å². The smallest absolute Gasteiger partial charge is 0.0644 e. The summed E-state index contributed by atoms with van der Waals surface area (Å²) in [5.41, 5.74) is 0. The van der Waals surface area contributed by atoms with Crippen LogP contribution in [0.2, 0.25) is 0 Å². The van der Waals surface area contributed by atoms with Gasteiger partial charge in [0.15, 0.2) is 0 Å². The Labute approximate surface area is 265 Å². The first-order valence-corrected chi connectivity index (χ1v) is 19.6. The second-order valence-corrected chi connectivity index (χ2v) is 16.8. The van der Waals surface area contributed by atoms with Crippen LogP contribution in [-0.4, -0.2) is 64.1 Å². The van der Waals surface area contributed by atoms with Crippen LogP contribution in [0.5, 0.6) is 0 Å². The standard InChI is InChI=1S/C32H57N9O2S/c42-44(43)41-23-15-7-14-22-24(23)32-39-30-21-13-6-5-12-20(21)28(37-30)35-26-17-9-2-1-8-16(17)25(33-26)34-27-18-10-3-4-11-19(18)29(36-27)38-31(22)40-32/h16-41H,1-15H2,(H,42,43)/p-1. The molecule has 9 rings (SSSR count). The fraction of sp³-hybridized carbons (Fsp3) is 1.00. The lowest BCUT2D eigenvalue weighted by Crippen LogP contribution is -2.62. The zero-order valence-electron chi connectivity index (χ0n) is 26.1. The first-order valence-electron chi connectivity index (χ1n) is 18.5. The summed E-state index contributed by atoms with van der Waals surface area (Å²) in [7, 11) is 0. The molecule has 11 nitrogen and oxygen atoms in total. The van der Waals surface area contributed by atoms with Gasteiger partial charge in [-0.1, -0.05) is 44.9 Å². The molecule has 5 heterocycles. The van der Waals surface area contributed by atoms with E-state index in [1.54, 1.807) is 0 Å². The van der Waals surface area contributed by atoms with Gasteiger partial charge in [0.1, 0.15) is 0 Å². The van der Waals surface area contributed by atoms with Crippen molar-refractivity contribution in [3.05, 3.63) is 0 Å². The summed E-state index contributed by atoms with van der Waals surface area (Å²) in [6.07, 6.45) is 20.8. The molecule has 5 aliphatic heterocycles. The van der Waals surface area contributed by atoms with Crippen molar-refractivity contribution < 1.29 is 8.76 Å². The lowest BCUT2D eigenvalue weighted by atomic mass is 9.75. The van der Waals surface area contributed by atoms with Crippen LogP contribution in [0.1, 0.15) is 96.3 Å². The Morgan fingerprint density at radius 3 is 1.05 bits per heavy atom. The first-order chi connectivity index (χ1) is 21.6. The Kier molecular flexibility index (Phi) is 8.36. The Hall–Kier alpha value is -0.250. The van der Waals surface area contributed by atoms with Crippen LogP contribution in [0.3, 0.4) is 0 Å². The van der Waals surface area contributed by atoms with Crippen molar-refractivity contribution in [3.63, 3.8) is 0 Å². The molecule has 18 atom stereocenters. The molecule has 0 amide bonds. The maximum absolute atomic E-state index is 12.0. The minimum Gasteiger partial charge on any atom is -0.760 e. The minimum atomic E-state index is -2.26. The van der Waals surface area contributed by atoms with Gasteiger partial charge in [0.05, 0.1) is 49.3 Å². The van der Waals surface area contributed by atoms with Crippen LogP contribution < -0.4 is 47.3 Å². The number of nitrogens with one attached hydrogen (secondary N) is 9. The second-order valence-electron chi connectivity index (χ2n) is 16.1. The second kappa shape index (κ2) is 12.3. The van der Waals surface area contributed by atoms with Crippen molar-refractivity contribution in [2.75, 3.05) is 0 Å². The molecule has 12 heteroatoms. The van der Waals surface area contributed by atoms with E-state index >= 15 is 0 Å². The van der Waals surface area contributed by atoms with E-state index in [4.69, 9.17) is 0 Å². The fourth-order valence-electron chi connectivity index (χ4n) is 12.3. The molecule has 9 aliphatic rings. The Balaban J connectivity index is 1.06. The average Bonchev–Trinajstić information content (AvgIpc) is 3.77. The van der Waals surface area contributed by atoms with Crippen LogP contribution in [0.15, 0.2) is 0 Å². The molecule has 9 fully saturated rings. The van der Waals surface area contributed by atoms with E-state index in [0.29, 0.717) is 66.1 Å². The lowest BCUT2D eigenvalue weighted by Gasteiger charge is -2.40. The monoisotopic (exact) mass is 630 g/mol. The van der Waals surface area contributed by atoms with Crippen molar-refractivity contribution in [1.29, 1.82) is 0 Å². The number of rotatable bonds is 2. The molecule has 248 valence electrons. The topological polar surface area (TPSA) is 148 Å². The summed E-state index contributed by atoms with van der Waals surface area (Å²) in [6.45, 7) is 0. The first kappa shape index (κ1) is 29.9. The van der Waals surface area contributed by atoms with Gasteiger partial charge in [0.2, 0.25) is 0 Å². The zero-order valence-corrected chi connectivity index (χ0v) is 27.0. The predicted octanol–water partition coefficient (Wildman–Crippen LogP) is 0.968. The average molecular weight is 631 g/mol. The minimum absolute atomic E-state index is 0.0417. The third kappa shape index (κ3) is 5.27. The zero-order chi connectivity index (χ0) is 29.4. The van der Waals surface area contributed by atoms with Crippen LogP contribution in [-0.2, 0) is 11.3 Å². The lowest BCUT2D eigenvalue weighted by molar-refractivity contribution is 0.151. The molecule has 0 radical (unpaired) electrons. The quantitative estimate of drug-likeness (QED) is 0.202. The normalized spacial score (nSPS) is 55.9. The Morgan fingerprint density at radius 1 is 0.409 bits per heavy atom. The van der Waals surface area contributed by atoms with Crippen molar-refractivity contribution in [3.8, 4) is 0 Å². The van der Waals surface area contributed by atoms with E-state index in [0.717, 1.165) is 19.3 Å². The summed E-state index contributed by atoms with van der Waals surface area (Å²) >= 11 is -2.26. The molecule has 0 spiro atoms.